The first-order valence-corrected chi connectivity index (χ1v) is 6.46. The maximum absolute atomic E-state index is 13.0. The van der Waals surface area contributed by atoms with Crippen molar-refractivity contribution in [2.24, 2.45) is 0 Å². The summed E-state index contributed by atoms with van der Waals surface area (Å²) in [6.45, 7) is 2.78. The van der Waals surface area contributed by atoms with Crippen molar-refractivity contribution in [2.45, 2.75) is 20.0 Å². The Hall–Kier alpha value is -2.36. The van der Waals surface area contributed by atoms with Crippen molar-refractivity contribution < 1.29 is 9.18 Å². The van der Waals surface area contributed by atoms with Crippen molar-refractivity contribution in [3.63, 3.8) is 0 Å². The Labute approximate surface area is 117 Å². The molecule has 2 aromatic rings. The molecule has 0 aliphatic carbocycles. The zero-order valence-corrected chi connectivity index (χ0v) is 11.3. The molecule has 104 valence electrons. The van der Waals surface area contributed by atoms with Gasteiger partial charge in [-0.25, -0.2) is 9.18 Å². The van der Waals surface area contributed by atoms with E-state index in [4.69, 9.17) is 0 Å². The van der Waals surface area contributed by atoms with Crippen molar-refractivity contribution >= 4 is 6.03 Å². The maximum atomic E-state index is 13.0. The summed E-state index contributed by atoms with van der Waals surface area (Å²) in [5.74, 6) is -0.301. The van der Waals surface area contributed by atoms with Gasteiger partial charge in [-0.05, 0) is 35.7 Å². The molecule has 0 heterocycles. The van der Waals surface area contributed by atoms with Crippen LogP contribution < -0.4 is 10.6 Å². The molecule has 2 N–H and O–H groups in total. The molecule has 0 spiro atoms. The van der Waals surface area contributed by atoms with Gasteiger partial charge in [-0.1, -0.05) is 36.4 Å². The number of amides is 2. The maximum Gasteiger partial charge on any atom is 0.315 e. The molecule has 2 aromatic carbocycles. The Bertz CT molecular complexity index is 599. The molecule has 4 heteroatoms. The first kappa shape index (κ1) is 14.1. The van der Waals surface area contributed by atoms with E-state index in [9.17, 15) is 9.18 Å². The Morgan fingerprint density at radius 1 is 1.05 bits per heavy atom. The standard InChI is InChI=1S/C16H17FN2O/c1-12-5-2-3-7-14(12)11-19-16(20)18-10-13-6-4-8-15(17)9-13/h2-9H,10-11H2,1H3,(H2,18,19,20). The quantitative estimate of drug-likeness (QED) is 0.882. The lowest BCUT2D eigenvalue weighted by molar-refractivity contribution is 0.240. The number of halogens is 1. The van der Waals surface area contributed by atoms with Crippen LogP contribution >= 0.6 is 0 Å². The normalized spacial score (nSPS) is 10.1. The van der Waals surface area contributed by atoms with Crippen molar-refractivity contribution in [3.05, 3.63) is 71.0 Å². The molecule has 0 aliphatic heterocycles. The molecule has 0 aliphatic rings. The molecular weight excluding hydrogens is 255 g/mol. The predicted molar refractivity (Wildman–Crippen MR) is 76.7 cm³/mol. The highest BCUT2D eigenvalue weighted by Crippen LogP contribution is 2.06. The number of aryl methyl sites for hydroxylation is 1. The zero-order chi connectivity index (χ0) is 14.4. The van der Waals surface area contributed by atoms with Crippen LogP contribution in [0.15, 0.2) is 48.5 Å². The first-order chi connectivity index (χ1) is 9.65. The summed E-state index contributed by atoms with van der Waals surface area (Å²) in [5.41, 5.74) is 2.95. The van der Waals surface area contributed by atoms with Crippen molar-refractivity contribution in [2.75, 3.05) is 0 Å². The van der Waals surface area contributed by atoms with Gasteiger partial charge in [0.05, 0.1) is 0 Å². The van der Waals surface area contributed by atoms with Gasteiger partial charge in [0.15, 0.2) is 0 Å². The van der Waals surface area contributed by atoms with Crippen molar-refractivity contribution in [1.29, 1.82) is 0 Å². The van der Waals surface area contributed by atoms with Gasteiger partial charge >= 0.3 is 6.03 Å². The van der Waals surface area contributed by atoms with Crippen LogP contribution in [0.25, 0.3) is 0 Å². The lowest BCUT2D eigenvalue weighted by atomic mass is 10.1. The van der Waals surface area contributed by atoms with E-state index in [-0.39, 0.29) is 11.8 Å². The molecule has 0 unspecified atom stereocenters. The number of carbonyl (C=O) groups is 1. The van der Waals surface area contributed by atoms with Crippen LogP contribution in [0, 0.1) is 12.7 Å². The number of urea groups is 1. The smallest absolute Gasteiger partial charge is 0.315 e. The molecule has 2 rings (SSSR count). The molecule has 0 fully saturated rings. The zero-order valence-electron chi connectivity index (χ0n) is 11.3. The van der Waals surface area contributed by atoms with Crippen molar-refractivity contribution in [3.8, 4) is 0 Å². The van der Waals surface area contributed by atoms with Crippen LogP contribution in [-0.2, 0) is 13.1 Å². The highest BCUT2D eigenvalue weighted by Gasteiger charge is 2.02. The van der Waals surface area contributed by atoms with E-state index in [0.29, 0.717) is 13.1 Å². The lowest BCUT2D eigenvalue weighted by Crippen LogP contribution is -2.34. The van der Waals surface area contributed by atoms with Crippen LogP contribution in [0.3, 0.4) is 0 Å². The predicted octanol–water partition coefficient (Wildman–Crippen LogP) is 3.13. The van der Waals surface area contributed by atoms with Crippen LogP contribution in [0.4, 0.5) is 9.18 Å². The summed E-state index contributed by atoms with van der Waals surface area (Å²) in [5, 5.41) is 5.48. The topological polar surface area (TPSA) is 41.1 Å². The lowest BCUT2D eigenvalue weighted by Gasteiger charge is -2.09. The van der Waals surface area contributed by atoms with E-state index in [2.05, 4.69) is 10.6 Å². The average Bonchev–Trinajstić information content (AvgIpc) is 2.44. The number of benzene rings is 2. The number of nitrogens with one attached hydrogen (secondary N) is 2. The SMILES string of the molecule is Cc1ccccc1CNC(=O)NCc1cccc(F)c1. The summed E-state index contributed by atoms with van der Waals surface area (Å²) in [6, 6.07) is 13.8. The van der Waals surface area contributed by atoms with Crippen LogP contribution in [0.2, 0.25) is 0 Å². The Morgan fingerprint density at radius 2 is 1.80 bits per heavy atom. The molecule has 0 saturated heterocycles. The third-order valence-electron chi connectivity index (χ3n) is 3.04. The molecule has 0 radical (unpaired) electrons. The van der Waals surface area contributed by atoms with Gasteiger partial charge in [-0.15, -0.1) is 0 Å². The minimum atomic E-state index is -0.301. The summed E-state index contributed by atoms with van der Waals surface area (Å²) < 4.78 is 13.0. The largest absolute Gasteiger partial charge is 0.334 e. The van der Waals surface area contributed by atoms with Gasteiger partial charge in [0.2, 0.25) is 0 Å². The van der Waals surface area contributed by atoms with E-state index in [1.807, 2.05) is 31.2 Å². The number of hydrogen-bond donors (Lipinski definition) is 2. The molecule has 20 heavy (non-hydrogen) atoms. The van der Waals surface area contributed by atoms with E-state index in [1.165, 1.54) is 12.1 Å². The van der Waals surface area contributed by atoms with E-state index >= 15 is 0 Å². The number of rotatable bonds is 4. The van der Waals surface area contributed by atoms with E-state index in [1.54, 1.807) is 12.1 Å². The minimum Gasteiger partial charge on any atom is -0.334 e. The summed E-state index contributed by atoms with van der Waals surface area (Å²) in [7, 11) is 0. The van der Waals surface area contributed by atoms with Gasteiger partial charge in [-0.3, -0.25) is 0 Å². The first-order valence-electron chi connectivity index (χ1n) is 6.46. The molecule has 2 amide bonds. The summed E-state index contributed by atoms with van der Waals surface area (Å²) in [6.07, 6.45) is 0. The fraction of sp³-hybridized carbons (Fsp3) is 0.188. The van der Waals surface area contributed by atoms with Gasteiger partial charge in [0.25, 0.3) is 0 Å². The fourth-order valence-electron chi connectivity index (χ4n) is 1.88. The fourth-order valence-corrected chi connectivity index (χ4v) is 1.88. The second kappa shape index (κ2) is 6.70. The monoisotopic (exact) mass is 272 g/mol. The third kappa shape index (κ3) is 4.09. The van der Waals surface area contributed by atoms with Gasteiger partial charge < -0.3 is 10.6 Å². The van der Waals surface area contributed by atoms with Crippen LogP contribution in [-0.4, -0.2) is 6.03 Å². The minimum absolute atomic E-state index is 0.266. The number of carbonyl (C=O) groups excluding carboxylic acids is 1. The second-order valence-corrected chi connectivity index (χ2v) is 4.59. The van der Waals surface area contributed by atoms with Gasteiger partial charge in [-0.2, -0.15) is 0 Å². The molecule has 0 saturated carbocycles. The number of hydrogen-bond acceptors (Lipinski definition) is 1. The molecule has 0 bridgehead atoms. The van der Waals surface area contributed by atoms with Crippen LogP contribution in [0.1, 0.15) is 16.7 Å². The molecule has 0 atom stereocenters. The van der Waals surface area contributed by atoms with E-state index < -0.39 is 0 Å². The van der Waals surface area contributed by atoms with Gasteiger partial charge in [0, 0.05) is 13.1 Å². The summed E-state index contributed by atoms with van der Waals surface area (Å²) >= 11 is 0. The molecular formula is C16H17FN2O. The Balaban J connectivity index is 1.80. The molecule has 0 aromatic heterocycles. The highest BCUT2D eigenvalue weighted by atomic mass is 19.1. The van der Waals surface area contributed by atoms with Crippen LogP contribution in [0.5, 0.6) is 0 Å². The third-order valence-corrected chi connectivity index (χ3v) is 3.04. The Morgan fingerprint density at radius 3 is 2.55 bits per heavy atom. The van der Waals surface area contributed by atoms with Gasteiger partial charge in [0.1, 0.15) is 5.82 Å². The van der Waals surface area contributed by atoms with E-state index in [0.717, 1.165) is 16.7 Å². The molecule has 3 nitrogen and oxygen atoms in total. The van der Waals surface area contributed by atoms with Crippen molar-refractivity contribution in [1.82, 2.24) is 10.6 Å². The highest BCUT2D eigenvalue weighted by molar-refractivity contribution is 5.73. The average molecular weight is 272 g/mol. The second-order valence-electron chi connectivity index (χ2n) is 4.59. The summed E-state index contributed by atoms with van der Waals surface area (Å²) in [4.78, 5) is 11.7. The Kier molecular flexibility index (Phi) is 4.71.